The molecule has 2 aromatic heterocycles. The monoisotopic (exact) mass is 507 g/mol. The fourth-order valence-corrected chi connectivity index (χ4v) is 4.14. The molecule has 8 nitrogen and oxygen atoms in total. The van der Waals surface area contributed by atoms with Crippen molar-refractivity contribution in [1.82, 2.24) is 25.0 Å². The summed E-state index contributed by atoms with van der Waals surface area (Å²) in [7, 11) is 5.00. The molecule has 0 aliphatic carbocycles. The number of rotatable bonds is 9. The predicted molar refractivity (Wildman–Crippen MR) is 134 cm³/mol. The number of halogens is 2. The van der Waals surface area contributed by atoms with Crippen molar-refractivity contribution in [1.29, 1.82) is 0 Å². The largest absolute Gasteiger partial charge is 0.494 e. The summed E-state index contributed by atoms with van der Waals surface area (Å²) >= 11 is 0. The maximum absolute atomic E-state index is 14.5. The van der Waals surface area contributed by atoms with Crippen molar-refractivity contribution >= 4 is 5.91 Å². The Morgan fingerprint density at radius 1 is 1.14 bits per heavy atom. The Bertz CT molecular complexity index is 1450. The van der Waals surface area contributed by atoms with Crippen LogP contribution in [0, 0.1) is 11.6 Å². The van der Waals surface area contributed by atoms with E-state index in [1.165, 1.54) is 25.4 Å². The third-order valence-corrected chi connectivity index (χ3v) is 6.03. The number of methoxy groups -OCH3 is 1. The van der Waals surface area contributed by atoms with Crippen LogP contribution in [0.5, 0.6) is 5.75 Å². The van der Waals surface area contributed by atoms with Crippen molar-refractivity contribution in [3.05, 3.63) is 117 Å². The standard InChI is InChI=1S/C27H27F2N5O3/c1-33(2)26(18-9-7-17(8-10-18)16-34-13-5-4-6-23(34)35)25-20(15-31-32-25)27(36)30-14-19-21(28)11-12-22(37-3)24(19)29/h4-13,15,26H,14,16H2,1-3H3,(H,30,36)(H,31,32). The quantitative estimate of drug-likeness (QED) is 0.362. The van der Waals surface area contributed by atoms with Gasteiger partial charge in [-0.1, -0.05) is 30.3 Å². The Morgan fingerprint density at radius 2 is 1.89 bits per heavy atom. The third kappa shape index (κ3) is 5.59. The summed E-state index contributed by atoms with van der Waals surface area (Å²) in [4.78, 5) is 27.0. The number of hydrogen-bond donors (Lipinski definition) is 2. The maximum atomic E-state index is 14.5. The summed E-state index contributed by atoms with van der Waals surface area (Å²) in [6, 6.07) is 14.6. The second-order valence-corrected chi connectivity index (χ2v) is 8.68. The lowest BCUT2D eigenvalue weighted by Gasteiger charge is -2.24. The van der Waals surface area contributed by atoms with Crippen LogP contribution in [0.2, 0.25) is 0 Å². The lowest BCUT2D eigenvalue weighted by Crippen LogP contribution is -2.28. The minimum atomic E-state index is -0.862. The molecule has 4 aromatic rings. The Labute approximate surface area is 212 Å². The first-order chi connectivity index (χ1) is 17.8. The smallest absolute Gasteiger partial charge is 0.255 e. The molecule has 0 aliphatic heterocycles. The van der Waals surface area contributed by atoms with E-state index in [4.69, 9.17) is 4.74 Å². The Balaban J connectivity index is 1.54. The van der Waals surface area contributed by atoms with Crippen molar-refractivity contribution in [3.63, 3.8) is 0 Å². The molecular formula is C27H27F2N5O3. The highest BCUT2D eigenvalue weighted by Crippen LogP contribution is 2.28. The lowest BCUT2D eigenvalue weighted by molar-refractivity contribution is 0.0948. The van der Waals surface area contributed by atoms with Crippen LogP contribution >= 0.6 is 0 Å². The first kappa shape index (κ1) is 25.8. The van der Waals surface area contributed by atoms with Crippen LogP contribution < -0.4 is 15.6 Å². The summed E-state index contributed by atoms with van der Waals surface area (Å²) in [5.74, 6) is -2.28. The van der Waals surface area contributed by atoms with Gasteiger partial charge in [0, 0.05) is 30.6 Å². The van der Waals surface area contributed by atoms with Gasteiger partial charge in [0.1, 0.15) is 5.82 Å². The molecule has 0 aliphatic rings. The van der Waals surface area contributed by atoms with Crippen molar-refractivity contribution in [2.24, 2.45) is 0 Å². The molecule has 2 N–H and O–H groups in total. The van der Waals surface area contributed by atoms with Crippen LogP contribution in [-0.4, -0.2) is 46.8 Å². The van der Waals surface area contributed by atoms with Crippen molar-refractivity contribution in [2.75, 3.05) is 21.2 Å². The molecule has 2 heterocycles. The van der Waals surface area contributed by atoms with E-state index in [0.717, 1.165) is 17.2 Å². The Kier molecular flexibility index (Phi) is 7.78. The molecule has 0 saturated heterocycles. The fraction of sp³-hybridized carbons (Fsp3) is 0.222. The van der Waals surface area contributed by atoms with Gasteiger partial charge in [-0.25, -0.2) is 8.78 Å². The van der Waals surface area contributed by atoms with Gasteiger partial charge >= 0.3 is 0 Å². The molecule has 10 heteroatoms. The molecule has 2 aromatic carbocycles. The van der Waals surface area contributed by atoms with E-state index in [2.05, 4.69) is 15.5 Å². The topological polar surface area (TPSA) is 92.2 Å². The minimum absolute atomic E-state index is 0.0846. The summed E-state index contributed by atoms with van der Waals surface area (Å²) < 4.78 is 35.2. The normalized spacial score (nSPS) is 11.9. The number of amides is 1. The number of aromatic amines is 1. The molecule has 4 rings (SSSR count). The number of H-pyrrole nitrogens is 1. The maximum Gasteiger partial charge on any atom is 0.255 e. The summed E-state index contributed by atoms with van der Waals surface area (Å²) in [5.41, 5.74) is 2.15. The van der Waals surface area contributed by atoms with Crippen molar-refractivity contribution in [3.8, 4) is 5.75 Å². The van der Waals surface area contributed by atoms with E-state index in [-0.39, 0.29) is 35.0 Å². The first-order valence-corrected chi connectivity index (χ1v) is 11.5. The molecule has 192 valence electrons. The number of aromatic nitrogens is 3. The van der Waals surface area contributed by atoms with E-state index in [9.17, 15) is 18.4 Å². The van der Waals surface area contributed by atoms with E-state index < -0.39 is 17.5 Å². The van der Waals surface area contributed by atoms with Gasteiger partial charge in [-0.3, -0.25) is 19.6 Å². The molecular weight excluding hydrogens is 480 g/mol. The summed E-state index contributed by atoms with van der Waals surface area (Å²) in [6.45, 7) is 0.0680. The van der Waals surface area contributed by atoms with Crippen LogP contribution in [0.3, 0.4) is 0 Å². The number of benzene rings is 2. The van der Waals surface area contributed by atoms with Gasteiger partial charge in [0.25, 0.3) is 11.5 Å². The first-order valence-electron chi connectivity index (χ1n) is 11.5. The highest BCUT2D eigenvalue weighted by atomic mass is 19.1. The molecule has 0 bridgehead atoms. The molecule has 1 unspecified atom stereocenters. The average Bonchev–Trinajstić information content (AvgIpc) is 3.35. The van der Waals surface area contributed by atoms with Gasteiger partial charge in [0.05, 0.1) is 31.0 Å². The molecule has 37 heavy (non-hydrogen) atoms. The van der Waals surface area contributed by atoms with Gasteiger partial charge in [-0.2, -0.15) is 5.10 Å². The Hall–Kier alpha value is -4.31. The zero-order valence-electron chi connectivity index (χ0n) is 20.7. The number of pyridine rings is 1. The molecule has 0 radical (unpaired) electrons. The number of nitrogens with zero attached hydrogens (tertiary/aromatic N) is 3. The molecule has 0 saturated carbocycles. The van der Waals surface area contributed by atoms with Crippen molar-refractivity contribution < 1.29 is 18.3 Å². The number of carbonyl (C=O) groups excluding carboxylic acids is 1. The highest BCUT2D eigenvalue weighted by molar-refractivity contribution is 5.95. The molecule has 0 spiro atoms. The fourth-order valence-electron chi connectivity index (χ4n) is 4.14. The van der Waals surface area contributed by atoms with Crippen LogP contribution in [-0.2, 0) is 13.1 Å². The highest BCUT2D eigenvalue weighted by Gasteiger charge is 2.26. The predicted octanol–water partition coefficient (Wildman–Crippen LogP) is 3.49. The van der Waals surface area contributed by atoms with Gasteiger partial charge in [-0.05, 0) is 43.4 Å². The molecule has 0 fully saturated rings. The number of nitrogens with one attached hydrogen (secondary N) is 2. The van der Waals surface area contributed by atoms with Gasteiger partial charge in [0.15, 0.2) is 11.6 Å². The zero-order valence-corrected chi connectivity index (χ0v) is 20.7. The van der Waals surface area contributed by atoms with E-state index in [1.807, 2.05) is 43.3 Å². The third-order valence-electron chi connectivity index (χ3n) is 6.03. The van der Waals surface area contributed by atoms with Gasteiger partial charge in [-0.15, -0.1) is 0 Å². The SMILES string of the molecule is COc1ccc(F)c(CNC(=O)c2c[nH]nc2C(c2ccc(Cn3ccccc3=O)cc2)N(C)C)c1F. The molecule has 1 amide bonds. The van der Waals surface area contributed by atoms with E-state index in [0.29, 0.717) is 12.2 Å². The summed E-state index contributed by atoms with van der Waals surface area (Å²) in [5, 5.41) is 9.62. The van der Waals surface area contributed by atoms with Crippen LogP contribution in [0.25, 0.3) is 0 Å². The average molecular weight is 508 g/mol. The zero-order chi connectivity index (χ0) is 26.5. The van der Waals surface area contributed by atoms with Gasteiger partial charge < -0.3 is 14.6 Å². The van der Waals surface area contributed by atoms with E-state index in [1.54, 1.807) is 22.9 Å². The van der Waals surface area contributed by atoms with Crippen LogP contribution in [0.4, 0.5) is 8.78 Å². The second-order valence-electron chi connectivity index (χ2n) is 8.68. The number of carbonyl (C=O) groups is 1. The van der Waals surface area contributed by atoms with Crippen molar-refractivity contribution in [2.45, 2.75) is 19.1 Å². The Morgan fingerprint density at radius 3 is 2.57 bits per heavy atom. The van der Waals surface area contributed by atoms with E-state index >= 15 is 0 Å². The number of hydrogen-bond acceptors (Lipinski definition) is 5. The second kappa shape index (κ2) is 11.2. The van der Waals surface area contributed by atoms with Gasteiger partial charge in [0.2, 0.25) is 0 Å². The summed E-state index contributed by atoms with van der Waals surface area (Å²) in [6.07, 6.45) is 3.19. The van der Waals surface area contributed by atoms with Crippen LogP contribution in [0.15, 0.2) is 71.8 Å². The number of ether oxygens (including phenoxy) is 1. The lowest BCUT2D eigenvalue weighted by atomic mass is 9.98. The molecule has 1 atom stereocenters. The minimum Gasteiger partial charge on any atom is -0.494 e. The van der Waals surface area contributed by atoms with Crippen LogP contribution in [0.1, 0.15) is 38.8 Å².